The third kappa shape index (κ3) is 3.56. The number of ketones is 1. The molecule has 31 heavy (non-hydrogen) atoms. The van der Waals surface area contributed by atoms with E-state index in [1.807, 2.05) is 6.07 Å². The van der Waals surface area contributed by atoms with Crippen LogP contribution in [0.5, 0.6) is 0 Å². The van der Waals surface area contributed by atoms with Gasteiger partial charge in [0.2, 0.25) is 0 Å². The number of rotatable bonds is 4. The van der Waals surface area contributed by atoms with Crippen LogP contribution < -0.4 is 10.6 Å². The predicted molar refractivity (Wildman–Crippen MR) is 122 cm³/mol. The molecular weight excluding hydrogens is 480 g/mol. The van der Waals surface area contributed by atoms with Crippen LogP contribution in [-0.4, -0.2) is 10.7 Å². The number of carbonyl (C=O) groups excluding carboxylic acids is 1. The first-order valence-corrected chi connectivity index (χ1v) is 11.5. The third-order valence-corrected chi connectivity index (χ3v) is 7.91. The number of benzene rings is 1. The molecule has 2 aliphatic rings. The molecule has 0 amide bonds. The van der Waals surface area contributed by atoms with Crippen molar-refractivity contribution in [3.05, 3.63) is 77.3 Å². The number of hydrogen-bond donors (Lipinski definition) is 1. The normalized spacial score (nSPS) is 18.8. The molecule has 7 nitrogen and oxygen atoms in total. The summed E-state index contributed by atoms with van der Waals surface area (Å²) in [6.45, 7) is 2.05. The quantitative estimate of drug-likeness (QED) is 0.452. The van der Waals surface area contributed by atoms with Gasteiger partial charge in [0.05, 0.1) is 28.2 Å². The van der Waals surface area contributed by atoms with E-state index in [1.54, 1.807) is 28.4 Å². The summed E-state index contributed by atoms with van der Waals surface area (Å²) in [5.41, 5.74) is 8.49. The molecule has 0 saturated heterocycles. The number of hydrogen-bond acceptors (Lipinski definition) is 7. The van der Waals surface area contributed by atoms with Gasteiger partial charge in [-0.2, -0.15) is 5.26 Å². The number of nitro groups is 1. The van der Waals surface area contributed by atoms with Crippen LogP contribution in [0.1, 0.15) is 41.9 Å². The fourth-order valence-corrected chi connectivity index (χ4v) is 6.26. The van der Waals surface area contributed by atoms with Crippen molar-refractivity contribution in [1.82, 2.24) is 0 Å². The zero-order valence-corrected chi connectivity index (χ0v) is 19.1. The molecular formula is C22H19BrN4O3S. The number of carbonyl (C=O) groups is 1. The van der Waals surface area contributed by atoms with Crippen LogP contribution in [0.25, 0.3) is 0 Å². The first-order chi connectivity index (χ1) is 14.9. The lowest BCUT2D eigenvalue weighted by atomic mass is 9.78. The Morgan fingerprint density at radius 2 is 2.16 bits per heavy atom. The van der Waals surface area contributed by atoms with E-state index in [9.17, 15) is 20.2 Å². The highest BCUT2D eigenvalue weighted by Crippen LogP contribution is 2.49. The molecule has 1 aromatic heterocycles. The maximum absolute atomic E-state index is 13.1. The topological polar surface area (TPSA) is 113 Å². The van der Waals surface area contributed by atoms with Crippen molar-refractivity contribution in [2.45, 2.75) is 38.5 Å². The number of nitro benzene ring substituents is 1. The zero-order valence-electron chi connectivity index (χ0n) is 16.7. The molecule has 158 valence electrons. The third-order valence-electron chi connectivity index (χ3n) is 5.59. The van der Waals surface area contributed by atoms with Gasteiger partial charge in [-0.1, -0.05) is 13.0 Å². The summed E-state index contributed by atoms with van der Waals surface area (Å²) in [6, 6.07) is 10.3. The van der Waals surface area contributed by atoms with Crippen molar-refractivity contribution >= 4 is 44.4 Å². The summed E-state index contributed by atoms with van der Waals surface area (Å²) in [5.74, 6) is -0.321. The Morgan fingerprint density at radius 1 is 1.39 bits per heavy atom. The maximum atomic E-state index is 13.1. The maximum Gasteiger partial charge on any atom is 0.271 e. The van der Waals surface area contributed by atoms with Gasteiger partial charge in [-0.25, -0.2) is 0 Å². The van der Waals surface area contributed by atoms with Crippen molar-refractivity contribution in [3.63, 3.8) is 0 Å². The van der Waals surface area contributed by atoms with E-state index in [-0.39, 0.29) is 22.9 Å². The molecule has 0 saturated carbocycles. The minimum absolute atomic E-state index is 0.00972. The van der Waals surface area contributed by atoms with Gasteiger partial charge in [0.15, 0.2) is 5.78 Å². The Bertz CT molecular complexity index is 1210. The molecule has 1 unspecified atom stereocenters. The van der Waals surface area contributed by atoms with E-state index in [0.717, 1.165) is 26.3 Å². The Morgan fingerprint density at radius 3 is 2.81 bits per heavy atom. The Labute approximate surface area is 191 Å². The summed E-state index contributed by atoms with van der Waals surface area (Å²) in [5, 5.41) is 21.3. The lowest BCUT2D eigenvalue weighted by molar-refractivity contribution is -0.384. The van der Waals surface area contributed by atoms with E-state index in [0.29, 0.717) is 30.5 Å². The average Bonchev–Trinajstić information content (AvgIpc) is 3.13. The molecule has 2 aromatic rings. The summed E-state index contributed by atoms with van der Waals surface area (Å²) in [6.07, 6.45) is 2.51. The molecule has 9 heteroatoms. The zero-order chi connectivity index (χ0) is 22.3. The Balaban J connectivity index is 1.95. The molecule has 0 radical (unpaired) electrons. The van der Waals surface area contributed by atoms with Gasteiger partial charge in [-0.3, -0.25) is 19.8 Å². The number of allylic oxidation sites excluding steroid dienone is 3. The second kappa shape index (κ2) is 8.29. The standard InChI is InChI=1S/C22H19BrN4O3S/c1-2-18-15(23)10-19(31-18)20-14(11-24)22(25)26(16-7-4-8-17(28)21(16)20)12-5-3-6-13(9-12)27(29)30/h3,5-6,9-10,20H,2,4,7-8,25H2,1H3. The molecule has 0 spiro atoms. The minimum atomic E-state index is -0.524. The highest BCUT2D eigenvalue weighted by molar-refractivity contribution is 9.10. The fourth-order valence-electron chi connectivity index (χ4n) is 4.22. The van der Waals surface area contributed by atoms with E-state index in [4.69, 9.17) is 5.73 Å². The van der Waals surface area contributed by atoms with Crippen molar-refractivity contribution in [1.29, 1.82) is 5.26 Å². The molecule has 1 aliphatic carbocycles. The van der Waals surface area contributed by atoms with Crippen LogP contribution in [-0.2, 0) is 11.2 Å². The molecule has 1 aromatic carbocycles. The van der Waals surface area contributed by atoms with Crippen LogP contribution >= 0.6 is 27.3 Å². The van der Waals surface area contributed by atoms with Gasteiger partial charge in [0, 0.05) is 44.1 Å². The van der Waals surface area contributed by atoms with Gasteiger partial charge < -0.3 is 5.73 Å². The first-order valence-electron chi connectivity index (χ1n) is 9.86. The van der Waals surface area contributed by atoms with Crippen LogP contribution in [0.15, 0.2) is 57.5 Å². The molecule has 1 aliphatic heterocycles. The summed E-state index contributed by atoms with van der Waals surface area (Å²) in [7, 11) is 0. The van der Waals surface area contributed by atoms with E-state index in [2.05, 4.69) is 28.9 Å². The number of halogens is 1. The SMILES string of the molecule is CCc1sc(C2C(C#N)=C(N)N(c3cccc([N+](=O)[O-])c3)C3=C2C(=O)CCC3)cc1Br. The summed E-state index contributed by atoms with van der Waals surface area (Å²) >= 11 is 5.15. The summed E-state index contributed by atoms with van der Waals surface area (Å²) < 4.78 is 0.956. The highest BCUT2D eigenvalue weighted by atomic mass is 79.9. The number of aryl methyl sites for hydroxylation is 1. The molecule has 4 rings (SSSR count). The van der Waals surface area contributed by atoms with Crippen LogP contribution in [0, 0.1) is 21.4 Å². The van der Waals surface area contributed by atoms with E-state index in [1.165, 1.54) is 12.1 Å². The largest absolute Gasteiger partial charge is 0.384 e. The van der Waals surface area contributed by atoms with Crippen molar-refractivity contribution < 1.29 is 9.72 Å². The number of anilines is 1. The number of nitriles is 1. The lowest BCUT2D eigenvalue weighted by Gasteiger charge is -2.39. The number of Topliss-reactive ketones (excluding diaryl/α,β-unsaturated/α-hetero) is 1. The molecule has 0 fully saturated rings. The minimum Gasteiger partial charge on any atom is -0.384 e. The average molecular weight is 499 g/mol. The molecule has 0 bridgehead atoms. The van der Waals surface area contributed by atoms with Crippen LogP contribution in [0.4, 0.5) is 11.4 Å². The van der Waals surface area contributed by atoms with Crippen molar-refractivity contribution in [2.24, 2.45) is 5.73 Å². The van der Waals surface area contributed by atoms with Crippen LogP contribution in [0.2, 0.25) is 0 Å². The number of nitrogens with zero attached hydrogens (tertiary/aromatic N) is 3. The number of nitrogens with two attached hydrogens (primary N) is 1. The molecule has 1 atom stereocenters. The van der Waals surface area contributed by atoms with Crippen LogP contribution in [0.3, 0.4) is 0 Å². The van der Waals surface area contributed by atoms with Crippen molar-refractivity contribution in [3.8, 4) is 6.07 Å². The fraction of sp³-hybridized carbons (Fsp3) is 0.273. The van der Waals surface area contributed by atoms with Crippen molar-refractivity contribution in [2.75, 3.05) is 4.90 Å². The number of thiophene rings is 1. The number of non-ortho nitro benzene ring substituents is 1. The van der Waals surface area contributed by atoms with E-state index < -0.39 is 10.8 Å². The Hall–Kier alpha value is -2.96. The smallest absolute Gasteiger partial charge is 0.271 e. The monoisotopic (exact) mass is 498 g/mol. The van der Waals surface area contributed by atoms with Gasteiger partial charge in [0.25, 0.3) is 5.69 Å². The highest BCUT2D eigenvalue weighted by Gasteiger charge is 2.41. The summed E-state index contributed by atoms with van der Waals surface area (Å²) in [4.78, 5) is 27.6. The van der Waals surface area contributed by atoms with Gasteiger partial charge in [0.1, 0.15) is 5.82 Å². The second-order valence-electron chi connectivity index (χ2n) is 7.37. The molecule has 2 heterocycles. The molecule has 2 N–H and O–H groups in total. The Kier molecular flexibility index (Phi) is 5.69. The van der Waals surface area contributed by atoms with Gasteiger partial charge in [-0.05, 0) is 47.3 Å². The van der Waals surface area contributed by atoms with E-state index >= 15 is 0 Å². The second-order valence-corrected chi connectivity index (χ2v) is 9.39. The lowest BCUT2D eigenvalue weighted by Crippen LogP contribution is -2.38. The van der Waals surface area contributed by atoms with Gasteiger partial charge >= 0.3 is 0 Å². The predicted octanol–water partition coefficient (Wildman–Crippen LogP) is 5.29. The first kappa shape index (κ1) is 21.3. The van der Waals surface area contributed by atoms with Gasteiger partial charge in [-0.15, -0.1) is 11.3 Å².